The van der Waals surface area contributed by atoms with Gasteiger partial charge in [-0.25, -0.2) is 0 Å². The summed E-state index contributed by atoms with van der Waals surface area (Å²) >= 11 is 0. The quantitative estimate of drug-likeness (QED) is 0.576. The Hall–Kier alpha value is -1.05. The standard InChI is InChI=1S/C8H11N2/c1-7-6-8(10(2)3)4-5-9-7/h4,6H,1-3H3. The Labute approximate surface area is 61.5 Å². The van der Waals surface area contributed by atoms with Crippen LogP contribution in [0.25, 0.3) is 0 Å². The van der Waals surface area contributed by atoms with E-state index in [1.807, 2.05) is 38.1 Å². The average Bonchev–Trinajstić information content (AvgIpc) is 1.88. The van der Waals surface area contributed by atoms with Gasteiger partial charge in [-0.1, -0.05) is 0 Å². The van der Waals surface area contributed by atoms with Crippen LogP contribution in [0, 0.1) is 13.1 Å². The number of hydrogen-bond donors (Lipinski definition) is 0. The van der Waals surface area contributed by atoms with Crippen molar-refractivity contribution in [3.05, 3.63) is 24.0 Å². The second kappa shape index (κ2) is 2.69. The van der Waals surface area contributed by atoms with Gasteiger partial charge in [-0.15, -0.1) is 0 Å². The Morgan fingerprint density at radius 3 is 2.60 bits per heavy atom. The van der Waals surface area contributed by atoms with Crippen molar-refractivity contribution in [2.24, 2.45) is 0 Å². The molecule has 0 unspecified atom stereocenters. The summed E-state index contributed by atoms with van der Waals surface area (Å²) in [5.74, 6) is 0. The average molecular weight is 135 g/mol. The fourth-order valence-electron chi connectivity index (χ4n) is 0.746. The first-order valence-electron chi connectivity index (χ1n) is 3.22. The lowest BCUT2D eigenvalue weighted by atomic mass is 10.3. The van der Waals surface area contributed by atoms with Gasteiger partial charge in [0.05, 0.1) is 6.20 Å². The molecule has 0 amide bonds. The Morgan fingerprint density at radius 2 is 2.20 bits per heavy atom. The molecule has 0 spiro atoms. The molecule has 0 aliphatic heterocycles. The summed E-state index contributed by atoms with van der Waals surface area (Å²) in [6.07, 6.45) is 2.82. The third kappa shape index (κ3) is 1.47. The largest absolute Gasteiger partial charge is 0.378 e. The molecule has 0 aliphatic rings. The fraction of sp³-hybridized carbons (Fsp3) is 0.375. The highest BCUT2D eigenvalue weighted by molar-refractivity contribution is 5.43. The smallest absolute Gasteiger partial charge is 0.0910 e. The Kier molecular flexibility index (Phi) is 1.90. The minimum Gasteiger partial charge on any atom is -0.378 e. The van der Waals surface area contributed by atoms with Crippen LogP contribution in [-0.4, -0.2) is 19.1 Å². The molecular weight excluding hydrogens is 124 g/mol. The van der Waals surface area contributed by atoms with Gasteiger partial charge in [0, 0.05) is 25.5 Å². The number of anilines is 1. The van der Waals surface area contributed by atoms with Crippen molar-refractivity contribution in [2.45, 2.75) is 6.92 Å². The third-order valence-corrected chi connectivity index (χ3v) is 1.33. The molecule has 0 bridgehead atoms. The minimum absolute atomic E-state index is 1.01. The third-order valence-electron chi connectivity index (χ3n) is 1.33. The van der Waals surface area contributed by atoms with Crippen LogP contribution in [0.2, 0.25) is 0 Å². The molecule has 10 heavy (non-hydrogen) atoms. The summed E-state index contributed by atoms with van der Waals surface area (Å²) in [4.78, 5) is 6.00. The zero-order valence-electron chi connectivity index (χ0n) is 6.55. The van der Waals surface area contributed by atoms with Crippen LogP contribution in [0.1, 0.15) is 5.69 Å². The highest BCUT2D eigenvalue weighted by Crippen LogP contribution is 2.08. The molecular formula is C8H11N2. The van der Waals surface area contributed by atoms with E-state index < -0.39 is 0 Å². The van der Waals surface area contributed by atoms with E-state index in [0.29, 0.717) is 0 Å². The molecule has 0 saturated carbocycles. The topological polar surface area (TPSA) is 16.1 Å². The Bertz CT molecular complexity index is 218. The second-order valence-corrected chi connectivity index (χ2v) is 2.49. The normalized spacial score (nSPS) is 9.50. The van der Waals surface area contributed by atoms with Crippen LogP contribution in [-0.2, 0) is 0 Å². The molecule has 0 saturated heterocycles. The van der Waals surface area contributed by atoms with Crippen LogP contribution >= 0.6 is 0 Å². The van der Waals surface area contributed by atoms with Gasteiger partial charge in [0.15, 0.2) is 0 Å². The molecule has 0 fully saturated rings. The molecule has 0 aliphatic carbocycles. The van der Waals surface area contributed by atoms with E-state index in [0.717, 1.165) is 11.4 Å². The van der Waals surface area contributed by atoms with Crippen LogP contribution in [0.15, 0.2) is 12.1 Å². The van der Waals surface area contributed by atoms with Gasteiger partial charge < -0.3 is 4.90 Å². The van der Waals surface area contributed by atoms with Crippen LogP contribution in [0.4, 0.5) is 5.69 Å². The van der Waals surface area contributed by atoms with Crippen molar-refractivity contribution in [1.82, 2.24) is 4.98 Å². The first kappa shape index (κ1) is 7.06. The van der Waals surface area contributed by atoms with E-state index in [2.05, 4.69) is 11.2 Å². The van der Waals surface area contributed by atoms with E-state index >= 15 is 0 Å². The molecule has 1 rings (SSSR count). The summed E-state index contributed by atoms with van der Waals surface area (Å²) < 4.78 is 0. The zero-order chi connectivity index (χ0) is 7.56. The Balaban J connectivity index is 2.96. The van der Waals surface area contributed by atoms with Gasteiger partial charge in [-0.3, -0.25) is 4.98 Å². The molecule has 0 atom stereocenters. The molecule has 1 aromatic heterocycles. The number of aromatic nitrogens is 1. The zero-order valence-corrected chi connectivity index (χ0v) is 6.55. The number of hydrogen-bond acceptors (Lipinski definition) is 2. The first-order chi connectivity index (χ1) is 4.70. The number of pyridine rings is 1. The van der Waals surface area contributed by atoms with Crippen molar-refractivity contribution in [3.8, 4) is 0 Å². The van der Waals surface area contributed by atoms with E-state index in [9.17, 15) is 0 Å². The maximum Gasteiger partial charge on any atom is 0.0910 e. The van der Waals surface area contributed by atoms with Gasteiger partial charge >= 0.3 is 0 Å². The SMILES string of the molecule is Cc1cc(N(C)C)c[c]n1. The predicted octanol–water partition coefficient (Wildman–Crippen LogP) is 1.26. The second-order valence-electron chi connectivity index (χ2n) is 2.49. The van der Waals surface area contributed by atoms with Crippen molar-refractivity contribution in [1.29, 1.82) is 0 Å². The lowest BCUT2D eigenvalue weighted by Gasteiger charge is -2.11. The fourth-order valence-corrected chi connectivity index (χ4v) is 0.746. The first-order valence-corrected chi connectivity index (χ1v) is 3.22. The van der Waals surface area contributed by atoms with Crippen LogP contribution < -0.4 is 4.90 Å². The maximum absolute atomic E-state index is 3.97. The summed E-state index contributed by atoms with van der Waals surface area (Å²) in [7, 11) is 4.01. The van der Waals surface area contributed by atoms with E-state index in [1.165, 1.54) is 0 Å². The van der Waals surface area contributed by atoms with Crippen molar-refractivity contribution in [3.63, 3.8) is 0 Å². The summed E-state index contributed by atoms with van der Waals surface area (Å²) in [5.41, 5.74) is 2.15. The summed E-state index contributed by atoms with van der Waals surface area (Å²) in [5, 5.41) is 0. The number of aryl methyl sites for hydroxylation is 1. The number of nitrogens with zero attached hydrogens (tertiary/aromatic N) is 2. The van der Waals surface area contributed by atoms with Gasteiger partial charge in [-0.05, 0) is 19.1 Å². The van der Waals surface area contributed by atoms with Gasteiger partial charge in [0.2, 0.25) is 0 Å². The van der Waals surface area contributed by atoms with Crippen molar-refractivity contribution < 1.29 is 0 Å². The molecule has 1 heterocycles. The molecule has 2 nitrogen and oxygen atoms in total. The maximum atomic E-state index is 3.97. The molecule has 53 valence electrons. The van der Waals surface area contributed by atoms with E-state index in [1.54, 1.807) is 0 Å². The van der Waals surface area contributed by atoms with E-state index in [-0.39, 0.29) is 0 Å². The lowest BCUT2D eigenvalue weighted by molar-refractivity contribution is 1.10. The minimum atomic E-state index is 1.01. The summed E-state index contributed by atoms with van der Waals surface area (Å²) in [6, 6.07) is 3.89. The molecule has 1 aromatic rings. The van der Waals surface area contributed by atoms with Crippen LogP contribution in [0.5, 0.6) is 0 Å². The van der Waals surface area contributed by atoms with Crippen LogP contribution in [0.3, 0.4) is 0 Å². The highest BCUT2D eigenvalue weighted by Gasteiger charge is 1.93. The van der Waals surface area contributed by atoms with Crippen molar-refractivity contribution in [2.75, 3.05) is 19.0 Å². The van der Waals surface area contributed by atoms with Crippen molar-refractivity contribution >= 4 is 5.69 Å². The van der Waals surface area contributed by atoms with E-state index in [4.69, 9.17) is 0 Å². The predicted molar refractivity (Wildman–Crippen MR) is 42.1 cm³/mol. The highest BCUT2D eigenvalue weighted by atomic mass is 15.1. The summed E-state index contributed by atoms with van der Waals surface area (Å²) in [6.45, 7) is 1.96. The van der Waals surface area contributed by atoms with Gasteiger partial charge in [-0.2, -0.15) is 0 Å². The Morgan fingerprint density at radius 1 is 1.50 bits per heavy atom. The molecule has 0 N–H and O–H groups in total. The molecule has 0 aromatic carbocycles. The molecule has 1 radical (unpaired) electrons. The number of rotatable bonds is 1. The van der Waals surface area contributed by atoms with Gasteiger partial charge in [0.1, 0.15) is 0 Å². The van der Waals surface area contributed by atoms with Gasteiger partial charge in [0.25, 0.3) is 0 Å². The monoisotopic (exact) mass is 135 g/mol. The lowest BCUT2D eigenvalue weighted by Crippen LogP contribution is -2.08. The molecule has 2 heteroatoms.